The summed E-state index contributed by atoms with van der Waals surface area (Å²) in [7, 11) is 0. The number of amides is 1. The lowest BCUT2D eigenvalue weighted by molar-refractivity contribution is -0.129. The monoisotopic (exact) mass is 183 g/mol. The maximum absolute atomic E-state index is 11.3. The number of rotatable bonds is 0. The van der Waals surface area contributed by atoms with Gasteiger partial charge in [0, 0.05) is 6.42 Å². The SMILES string of the molecule is O=C1CCC[C@@]2(CCCC[C@@H]2O)N1. The molecule has 13 heavy (non-hydrogen) atoms. The van der Waals surface area contributed by atoms with Gasteiger partial charge in [0.25, 0.3) is 0 Å². The molecule has 1 spiro atoms. The van der Waals surface area contributed by atoms with Crippen LogP contribution in [-0.4, -0.2) is 22.7 Å². The van der Waals surface area contributed by atoms with Gasteiger partial charge in [0.05, 0.1) is 11.6 Å². The molecule has 74 valence electrons. The lowest BCUT2D eigenvalue weighted by Gasteiger charge is -2.44. The molecule has 2 fully saturated rings. The maximum atomic E-state index is 11.3. The third-order valence-electron chi connectivity index (χ3n) is 3.40. The van der Waals surface area contributed by atoms with Gasteiger partial charge in [-0.3, -0.25) is 4.79 Å². The van der Waals surface area contributed by atoms with Gasteiger partial charge in [-0.1, -0.05) is 12.8 Å². The number of hydrogen-bond acceptors (Lipinski definition) is 2. The van der Waals surface area contributed by atoms with E-state index in [9.17, 15) is 9.90 Å². The predicted molar refractivity (Wildman–Crippen MR) is 49.2 cm³/mol. The average Bonchev–Trinajstić information content (AvgIpc) is 2.11. The normalized spacial score (nSPS) is 40.4. The second-order valence-corrected chi connectivity index (χ2v) is 4.32. The summed E-state index contributed by atoms with van der Waals surface area (Å²) in [6, 6.07) is 0. The fraction of sp³-hybridized carbons (Fsp3) is 0.900. The van der Waals surface area contributed by atoms with Gasteiger partial charge in [0.15, 0.2) is 0 Å². The first-order chi connectivity index (χ1) is 6.23. The molecule has 1 saturated carbocycles. The van der Waals surface area contributed by atoms with Gasteiger partial charge >= 0.3 is 0 Å². The Hall–Kier alpha value is -0.570. The number of aliphatic hydroxyl groups excluding tert-OH is 1. The molecule has 0 aromatic heterocycles. The highest BCUT2D eigenvalue weighted by molar-refractivity contribution is 5.77. The van der Waals surface area contributed by atoms with E-state index in [0.29, 0.717) is 6.42 Å². The smallest absolute Gasteiger partial charge is 0.220 e. The molecule has 0 bridgehead atoms. The van der Waals surface area contributed by atoms with Crippen molar-refractivity contribution in [1.29, 1.82) is 0 Å². The molecule has 1 aliphatic heterocycles. The van der Waals surface area contributed by atoms with Gasteiger partial charge in [-0.25, -0.2) is 0 Å². The second-order valence-electron chi connectivity index (χ2n) is 4.32. The Morgan fingerprint density at radius 2 is 2.08 bits per heavy atom. The van der Waals surface area contributed by atoms with Crippen molar-refractivity contribution in [3.63, 3.8) is 0 Å². The number of piperidine rings is 1. The molecule has 3 nitrogen and oxygen atoms in total. The number of hydrogen-bond donors (Lipinski definition) is 2. The van der Waals surface area contributed by atoms with Gasteiger partial charge in [-0.15, -0.1) is 0 Å². The van der Waals surface area contributed by atoms with Crippen molar-refractivity contribution < 1.29 is 9.90 Å². The topological polar surface area (TPSA) is 49.3 Å². The van der Waals surface area contributed by atoms with Crippen LogP contribution < -0.4 is 5.32 Å². The summed E-state index contributed by atoms with van der Waals surface area (Å²) in [4.78, 5) is 11.3. The van der Waals surface area contributed by atoms with Crippen LogP contribution in [0.3, 0.4) is 0 Å². The molecule has 2 N–H and O–H groups in total. The first kappa shape index (κ1) is 9.00. The van der Waals surface area contributed by atoms with Crippen molar-refractivity contribution in [3.8, 4) is 0 Å². The third-order valence-corrected chi connectivity index (χ3v) is 3.40. The van der Waals surface area contributed by atoms with Crippen LogP contribution >= 0.6 is 0 Å². The lowest BCUT2D eigenvalue weighted by atomic mass is 9.74. The van der Waals surface area contributed by atoms with E-state index in [1.807, 2.05) is 0 Å². The summed E-state index contributed by atoms with van der Waals surface area (Å²) < 4.78 is 0. The molecule has 3 heteroatoms. The highest BCUT2D eigenvalue weighted by Crippen LogP contribution is 2.34. The van der Waals surface area contributed by atoms with E-state index < -0.39 is 0 Å². The van der Waals surface area contributed by atoms with E-state index in [1.165, 1.54) is 0 Å². The first-order valence-corrected chi connectivity index (χ1v) is 5.22. The second kappa shape index (κ2) is 3.29. The van der Waals surface area contributed by atoms with E-state index in [1.54, 1.807) is 0 Å². The van der Waals surface area contributed by atoms with Crippen LogP contribution in [0.5, 0.6) is 0 Å². The van der Waals surface area contributed by atoms with E-state index >= 15 is 0 Å². The minimum Gasteiger partial charge on any atom is -0.391 e. The molecule has 0 aromatic rings. The maximum Gasteiger partial charge on any atom is 0.220 e. The molecule has 1 aliphatic carbocycles. The van der Waals surface area contributed by atoms with Crippen molar-refractivity contribution in [2.24, 2.45) is 0 Å². The summed E-state index contributed by atoms with van der Waals surface area (Å²) in [5.74, 6) is 0.118. The van der Waals surface area contributed by atoms with Crippen LogP contribution in [-0.2, 0) is 4.79 Å². The molecule has 0 radical (unpaired) electrons. The van der Waals surface area contributed by atoms with Crippen LogP contribution in [0.1, 0.15) is 44.9 Å². The molecular formula is C10H17NO2. The summed E-state index contributed by atoms with van der Waals surface area (Å²) in [5, 5.41) is 12.9. The van der Waals surface area contributed by atoms with Crippen LogP contribution in [0.4, 0.5) is 0 Å². The highest BCUT2D eigenvalue weighted by atomic mass is 16.3. The van der Waals surface area contributed by atoms with Crippen LogP contribution in [0.2, 0.25) is 0 Å². The summed E-state index contributed by atoms with van der Waals surface area (Å²) in [6.07, 6.45) is 6.25. The quantitative estimate of drug-likeness (QED) is 0.587. The Morgan fingerprint density at radius 3 is 2.77 bits per heavy atom. The lowest BCUT2D eigenvalue weighted by Crippen LogP contribution is -2.60. The highest BCUT2D eigenvalue weighted by Gasteiger charge is 2.42. The first-order valence-electron chi connectivity index (χ1n) is 5.22. The van der Waals surface area contributed by atoms with Crippen molar-refractivity contribution >= 4 is 5.91 Å². The van der Waals surface area contributed by atoms with Gasteiger partial charge in [-0.05, 0) is 25.7 Å². The van der Waals surface area contributed by atoms with Crippen molar-refractivity contribution in [2.45, 2.75) is 56.6 Å². The van der Waals surface area contributed by atoms with Gasteiger partial charge in [-0.2, -0.15) is 0 Å². The zero-order valence-electron chi connectivity index (χ0n) is 7.88. The Bertz CT molecular complexity index is 213. The van der Waals surface area contributed by atoms with Gasteiger partial charge in [0.2, 0.25) is 5.91 Å². The summed E-state index contributed by atoms with van der Waals surface area (Å²) >= 11 is 0. The fourth-order valence-electron chi connectivity index (χ4n) is 2.63. The zero-order chi connectivity index (χ0) is 9.31. The molecule has 0 unspecified atom stereocenters. The number of carbonyl (C=O) groups is 1. The molecule has 2 aliphatic rings. The average molecular weight is 183 g/mol. The standard InChI is InChI=1S/C10H17NO2/c12-8-4-1-2-6-10(8)7-3-5-9(13)11-10/h8,12H,1-7H2,(H,11,13)/t8-,10+/m0/s1. The minimum atomic E-state index is -0.314. The van der Waals surface area contributed by atoms with Gasteiger partial charge < -0.3 is 10.4 Å². The number of carbonyl (C=O) groups excluding carboxylic acids is 1. The Kier molecular flexibility index (Phi) is 2.28. The molecule has 2 atom stereocenters. The van der Waals surface area contributed by atoms with E-state index in [4.69, 9.17) is 0 Å². The Balaban J connectivity index is 2.11. The molecule has 1 amide bonds. The molecular weight excluding hydrogens is 166 g/mol. The third kappa shape index (κ3) is 1.57. The molecule has 0 aromatic carbocycles. The van der Waals surface area contributed by atoms with Crippen LogP contribution in [0, 0.1) is 0 Å². The van der Waals surface area contributed by atoms with Crippen molar-refractivity contribution in [1.82, 2.24) is 5.32 Å². The van der Waals surface area contributed by atoms with Crippen LogP contribution in [0.25, 0.3) is 0 Å². The van der Waals surface area contributed by atoms with Crippen molar-refractivity contribution in [3.05, 3.63) is 0 Å². The molecule has 1 saturated heterocycles. The summed E-state index contributed by atoms with van der Waals surface area (Å²) in [6.45, 7) is 0. The summed E-state index contributed by atoms with van der Waals surface area (Å²) in [5.41, 5.74) is -0.256. The number of nitrogens with one attached hydrogen (secondary N) is 1. The van der Waals surface area contributed by atoms with Crippen LogP contribution in [0.15, 0.2) is 0 Å². The minimum absolute atomic E-state index is 0.118. The largest absolute Gasteiger partial charge is 0.391 e. The molecule has 2 rings (SSSR count). The fourth-order valence-corrected chi connectivity index (χ4v) is 2.63. The van der Waals surface area contributed by atoms with E-state index in [2.05, 4.69) is 5.32 Å². The predicted octanol–water partition coefficient (Wildman–Crippen LogP) is 0.960. The van der Waals surface area contributed by atoms with E-state index in [0.717, 1.165) is 38.5 Å². The Labute approximate surface area is 78.5 Å². The van der Waals surface area contributed by atoms with Crippen molar-refractivity contribution in [2.75, 3.05) is 0 Å². The number of aliphatic hydroxyl groups is 1. The Morgan fingerprint density at radius 1 is 1.31 bits per heavy atom. The van der Waals surface area contributed by atoms with E-state index in [-0.39, 0.29) is 17.6 Å². The zero-order valence-corrected chi connectivity index (χ0v) is 7.88. The molecule has 1 heterocycles. The van der Waals surface area contributed by atoms with Gasteiger partial charge in [0.1, 0.15) is 0 Å².